The Morgan fingerprint density at radius 1 is 1.26 bits per heavy atom. The molecule has 3 fully saturated rings. The highest BCUT2D eigenvalue weighted by atomic mass is 16.1. The van der Waals surface area contributed by atoms with E-state index in [1.54, 1.807) is 12.5 Å². The van der Waals surface area contributed by atoms with Gasteiger partial charge in [0.05, 0.1) is 0 Å². The molecule has 1 heterocycles. The first kappa shape index (κ1) is 18.7. The number of hydrogen-bond acceptors (Lipinski definition) is 3. The predicted octanol–water partition coefficient (Wildman–Crippen LogP) is 3.06. The van der Waals surface area contributed by atoms with Gasteiger partial charge in [-0.1, -0.05) is 48.9 Å². The molecule has 4 rings (SSSR count). The number of carbonyl (C=O) groups excluding carboxylic acids is 1. The highest BCUT2D eigenvalue weighted by molar-refractivity contribution is 5.72. The maximum absolute atomic E-state index is 10.9. The topological polar surface area (TPSA) is 44.4 Å². The van der Waals surface area contributed by atoms with Crippen LogP contribution in [0.2, 0.25) is 0 Å². The van der Waals surface area contributed by atoms with Crippen molar-refractivity contribution < 1.29 is 4.79 Å². The summed E-state index contributed by atoms with van der Waals surface area (Å²) in [6, 6.07) is 12.1. The van der Waals surface area contributed by atoms with Gasteiger partial charge in [0, 0.05) is 45.2 Å². The Kier molecular flexibility index (Phi) is 5.38. The van der Waals surface area contributed by atoms with Gasteiger partial charge in [-0.2, -0.15) is 0 Å². The summed E-state index contributed by atoms with van der Waals surface area (Å²) in [5.74, 6) is 0.812. The molecule has 1 aromatic rings. The quantitative estimate of drug-likeness (QED) is 0.742. The Bertz CT molecular complexity index is 685. The van der Waals surface area contributed by atoms with Crippen LogP contribution >= 0.6 is 0 Å². The summed E-state index contributed by atoms with van der Waals surface area (Å²) in [5, 5.41) is 6.81. The van der Waals surface area contributed by atoms with E-state index in [2.05, 4.69) is 58.9 Å². The second kappa shape index (κ2) is 7.76. The average molecular weight is 368 g/mol. The van der Waals surface area contributed by atoms with Gasteiger partial charge in [0.2, 0.25) is 5.91 Å². The van der Waals surface area contributed by atoms with Crippen LogP contribution in [0.3, 0.4) is 0 Å². The fraction of sp³-hybridized carbons (Fsp3) is 0.609. The summed E-state index contributed by atoms with van der Waals surface area (Å²) >= 11 is 0. The van der Waals surface area contributed by atoms with E-state index in [1.165, 1.54) is 37.9 Å². The van der Waals surface area contributed by atoms with Crippen LogP contribution in [0.1, 0.15) is 45.1 Å². The Morgan fingerprint density at radius 3 is 2.67 bits per heavy atom. The molecule has 2 saturated carbocycles. The van der Waals surface area contributed by atoms with Gasteiger partial charge in [-0.15, -0.1) is 0 Å². The SMILES string of the molecule is CC/C(=C\c1ccccc1)[C@@H]1C[C@H]1NC1CC2(C1)CN(CCNC(C)=O)C2. The molecular weight excluding hydrogens is 334 g/mol. The van der Waals surface area contributed by atoms with Crippen molar-refractivity contribution in [2.45, 2.75) is 51.6 Å². The largest absolute Gasteiger partial charge is 0.355 e. The highest BCUT2D eigenvalue weighted by Gasteiger charge is 2.53. The van der Waals surface area contributed by atoms with Gasteiger partial charge in [-0.25, -0.2) is 0 Å². The molecule has 0 unspecified atom stereocenters. The Morgan fingerprint density at radius 2 is 2.00 bits per heavy atom. The van der Waals surface area contributed by atoms with Crippen molar-refractivity contribution >= 4 is 12.0 Å². The lowest BCUT2D eigenvalue weighted by Gasteiger charge is -2.59. The standard InChI is InChI=1S/C23H33N3O/c1-3-19(11-18-7-5-4-6-8-18)21-12-22(21)25-20-13-23(14-20)15-26(16-23)10-9-24-17(2)27/h4-8,11,20-22,25H,3,9-10,12-16H2,1-2H3,(H,24,27)/b19-11+/t21-,22+/m0/s1. The first-order valence-corrected chi connectivity index (χ1v) is 10.6. The summed E-state index contributed by atoms with van der Waals surface area (Å²) in [6.07, 6.45) is 7.51. The minimum atomic E-state index is 0.0740. The third-order valence-corrected chi connectivity index (χ3v) is 6.56. The van der Waals surface area contributed by atoms with Crippen LogP contribution in [-0.2, 0) is 4.79 Å². The summed E-state index contributed by atoms with van der Waals surface area (Å²) < 4.78 is 0. The van der Waals surface area contributed by atoms with Crippen molar-refractivity contribution in [2.75, 3.05) is 26.2 Å². The fourth-order valence-corrected chi connectivity index (χ4v) is 5.14. The van der Waals surface area contributed by atoms with Crippen LogP contribution in [0.25, 0.3) is 6.08 Å². The predicted molar refractivity (Wildman–Crippen MR) is 110 cm³/mol. The third-order valence-electron chi connectivity index (χ3n) is 6.56. The lowest BCUT2D eigenvalue weighted by atomic mass is 9.60. The molecule has 27 heavy (non-hydrogen) atoms. The Balaban J connectivity index is 1.17. The zero-order chi connectivity index (χ0) is 18.9. The average Bonchev–Trinajstić information content (AvgIpc) is 3.35. The van der Waals surface area contributed by atoms with Gasteiger partial charge < -0.3 is 15.5 Å². The molecule has 1 aliphatic heterocycles. The van der Waals surface area contributed by atoms with Crippen LogP contribution in [0.4, 0.5) is 0 Å². The van der Waals surface area contributed by atoms with Gasteiger partial charge in [-0.05, 0) is 42.6 Å². The maximum atomic E-state index is 10.9. The van der Waals surface area contributed by atoms with Crippen molar-refractivity contribution in [3.63, 3.8) is 0 Å². The summed E-state index contributed by atoms with van der Waals surface area (Å²) in [4.78, 5) is 13.4. The number of hydrogen-bond donors (Lipinski definition) is 2. The van der Waals surface area contributed by atoms with E-state index >= 15 is 0 Å². The molecule has 0 aromatic heterocycles. The molecule has 1 saturated heterocycles. The van der Waals surface area contributed by atoms with E-state index in [9.17, 15) is 4.79 Å². The normalized spacial score (nSPS) is 27.1. The number of amides is 1. The van der Waals surface area contributed by atoms with Crippen LogP contribution in [-0.4, -0.2) is 49.1 Å². The summed E-state index contributed by atoms with van der Waals surface area (Å²) in [5.41, 5.74) is 3.50. The van der Waals surface area contributed by atoms with E-state index in [4.69, 9.17) is 0 Å². The molecule has 0 bridgehead atoms. The van der Waals surface area contributed by atoms with Crippen molar-refractivity contribution in [1.29, 1.82) is 0 Å². The molecule has 1 spiro atoms. The number of nitrogens with zero attached hydrogens (tertiary/aromatic N) is 1. The molecule has 0 radical (unpaired) electrons. The summed E-state index contributed by atoms with van der Waals surface area (Å²) in [6.45, 7) is 8.08. The number of carbonyl (C=O) groups is 1. The molecule has 3 aliphatic rings. The molecule has 1 amide bonds. The van der Waals surface area contributed by atoms with Crippen LogP contribution in [0, 0.1) is 11.3 Å². The van der Waals surface area contributed by atoms with Crippen LogP contribution in [0.15, 0.2) is 35.9 Å². The zero-order valence-electron chi connectivity index (χ0n) is 16.7. The van der Waals surface area contributed by atoms with Gasteiger partial charge in [0.1, 0.15) is 0 Å². The maximum Gasteiger partial charge on any atom is 0.216 e. The smallest absolute Gasteiger partial charge is 0.216 e. The van der Waals surface area contributed by atoms with Gasteiger partial charge in [-0.3, -0.25) is 4.79 Å². The second-order valence-corrected chi connectivity index (χ2v) is 8.90. The minimum absolute atomic E-state index is 0.0740. The molecule has 2 N–H and O–H groups in total. The molecule has 4 nitrogen and oxygen atoms in total. The monoisotopic (exact) mass is 367 g/mol. The Hall–Kier alpha value is -1.65. The lowest BCUT2D eigenvalue weighted by molar-refractivity contribution is -0.119. The van der Waals surface area contributed by atoms with Crippen LogP contribution < -0.4 is 10.6 Å². The second-order valence-electron chi connectivity index (χ2n) is 8.90. The van der Waals surface area contributed by atoms with E-state index in [-0.39, 0.29) is 5.91 Å². The van der Waals surface area contributed by atoms with Crippen molar-refractivity contribution in [3.05, 3.63) is 41.5 Å². The molecule has 2 aliphatic carbocycles. The zero-order valence-corrected chi connectivity index (χ0v) is 16.7. The highest BCUT2D eigenvalue weighted by Crippen LogP contribution is 2.50. The molecule has 1 aromatic carbocycles. The molecule has 4 heteroatoms. The van der Waals surface area contributed by atoms with E-state index in [1.807, 2.05) is 0 Å². The number of benzene rings is 1. The molecular formula is C23H33N3O. The summed E-state index contributed by atoms with van der Waals surface area (Å²) in [7, 11) is 0. The van der Waals surface area contributed by atoms with Crippen molar-refractivity contribution in [3.8, 4) is 0 Å². The lowest BCUT2D eigenvalue weighted by Crippen LogP contribution is -2.66. The molecule has 2 atom stereocenters. The molecule has 146 valence electrons. The number of likely N-dealkylation sites (tertiary alicyclic amines) is 1. The Labute approximate surface area is 163 Å². The van der Waals surface area contributed by atoms with Gasteiger partial charge in [0.25, 0.3) is 0 Å². The van der Waals surface area contributed by atoms with Gasteiger partial charge >= 0.3 is 0 Å². The van der Waals surface area contributed by atoms with Crippen molar-refractivity contribution in [1.82, 2.24) is 15.5 Å². The number of nitrogens with one attached hydrogen (secondary N) is 2. The first-order chi connectivity index (χ1) is 13.1. The third kappa shape index (κ3) is 4.44. The van der Waals surface area contributed by atoms with Crippen LogP contribution in [0.5, 0.6) is 0 Å². The first-order valence-electron chi connectivity index (χ1n) is 10.6. The van der Waals surface area contributed by atoms with E-state index in [0.29, 0.717) is 17.5 Å². The number of rotatable bonds is 8. The van der Waals surface area contributed by atoms with Gasteiger partial charge in [0.15, 0.2) is 0 Å². The fourth-order valence-electron chi connectivity index (χ4n) is 5.14. The van der Waals surface area contributed by atoms with E-state index in [0.717, 1.165) is 25.4 Å². The minimum Gasteiger partial charge on any atom is -0.355 e. The van der Waals surface area contributed by atoms with Crippen molar-refractivity contribution in [2.24, 2.45) is 11.3 Å². The van der Waals surface area contributed by atoms with E-state index < -0.39 is 0 Å².